The maximum absolute atomic E-state index is 4.57. The van der Waals surface area contributed by atoms with Gasteiger partial charge < -0.3 is 0 Å². The zero-order chi connectivity index (χ0) is 18.9. The van der Waals surface area contributed by atoms with Gasteiger partial charge in [0.2, 0.25) is 0 Å². The molecule has 0 unspecified atom stereocenters. The molecule has 1 fully saturated rings. The minimum atomic E-state index is 0.231. The number of hydrogen-bond acceptors (Lipinski definition) is 6. The predicted octanol–water partition coefficient (Wildman–Crippen LogP) is 3.34. The van der Waals surface area contributed by atoms with E-state index >= 15 is 0 Å². The van der Waals surface area contributed by atoms with E-state index in [1.165, 1.54) is 16.7 Å². The number of thiophene rings is 1. The molecule has 0 radical (unpaired) electrons. The molecule has 7 heteroatoms. The summed E-state index contributed by atoms with van der Waals surface area (Å²) in [6, 6.07) is 10.8. The SMILES string of the molecule is CN1CCN(Cc2cccnc2)C[C@@H]1c1nnn2cc(-c3ccsc3)ccc12. The van der Waals surface area contributed by atoms with E-state index in [0.717, 1.165) is 37.4 Å². The Balaban J connectivity index is 1.41. The largest absolute Gasteiger partial charge is 0.296 e. The van der Waals surface area contributed by atoms with Crippen LogP contribution < -0.4 is 0 Å². The highest BCUT2D eigenvalue weighted by Gasteiger charge is 2.29. The Morgan fingerprint density at radius 2 is 2.11 bits per heavy atom. The normalized spacial score (nSPS) is 18.7. The molecule has 28 heavy (non-hydrogen) atoms. The highest BCUT2D eigenvalue weighted by atomic mass is 32.1. The fourth-order valence-electron chi connectivity index (χ4n) is 3.87. The number of aromatic nitrogens is 4. The van der Waals surface area contributed by atoms with Gasteiger partial charge in [-0.3, -0.25) is 14.8 Å². The van der Waals surface area contributed by atoms with Gasteiger partial charge in [-0.2, -0.15) is 11.3 Å². The predicted molar refractivity (Wildman–Crippen MR) is 111 cm³/mol. The Labute approximate surface area is 168 Å². The van der Waals surface area contributed by atoms with Crippen molar-refractivity contribution in [3.05, 3.63) is 70.9 Å². The molecule has 0 saturated carbocycles. The molecule has 4 aromatic rings. The molecule has 0 spiro atoms. The van der Waals surface area contributed by atoms with E-state index in [2.05, 4.69) is 73.4 Å². The number of likely N-dealkylation sites (N-methyl/N-ethyl adjacent to an activating group) is 1. The molecule has 0 aliphatic carbocycles. The van der Waals surface area contributed by atoms with Gasteiger partial charge in [0.1, 0.15) is 5.69 Å². The molecule has 1 atom stereocenters. The number of hydrogen-bond donors (Lipinski definition) is 0. The van der Waals surface area contributed by atoms with E-state index in [-0.39, 0.29) is 6.04 Å². The monoisotopic (exact) mass is 390 g/mol. The number of nitrogens with zero attached hydrogens (tertiary/aromatic N) is 6. The standard InChI is InChI=1S/C21H22N6S/c1-25-8-9-26(12-16-3-2-7-22-11-16)14-20(25)21-19-5-4-17(13-27(19)24-23-21)18-6-10-28-15-18/h2-7,10-11,13,15,20H,8-9,12,14H2,1H3/t20-/m1/s1. The van der Waals surface area contributed by atoms with E-state index in [1.54, 1.807) is 11.3 Å². The van der Waals surface area contributed by atoms with E-state index in [0.29, 0.717) is 0 Å². The first-order valence-electron chi connectivity index (χ1n) is 9.47. The van der Waals surface area contributed by atoms with Crippen molar-refractivity contribution in [3.8, 4) is 11.1 Å². The molecular formula is C21H22N6S. The van der Waals surface area contributed by atoms with Gasteiger partial charge in [-0.15, -0.1) is 5.10 Å². The van der Waals surface area contributed by atoms with E-state index < -0.39 is 0 Å². The van der Waals surface area contributed by atoms with Crippen molar-refractivity contribution >= 4 is 16.9 Å². The first-order valence-corrected chi connectivity index (χ1v) is 10.4. The molecule has 6 nitrogen and oxygen atoms in total. The summed E-state index contributed by atoms with van der Waals surface area (Å²) in [5.41, 5.74) is 5.77. The number of rotatable bonds is 4. The smallest absolute Gasteiger partial charge is 0.109 e. The molecular weight excluding hydrogens is 368 g/mol. The van der Waals surface area contributed by atoms with Gasteiger partial charge in [0.15, 0.2) is 0 Å². The molecule has 5 rings (SSSR count). The summed E-state index contributed by atoms with van der Waals surface area (Å²) in [5, 5.41) is 13.2. The molecule has 142 valence electrons. The van der Waals surface area contributed by atoms with Crippen LogP contribution in [0, 0.1) is 0 Å². The average molecular weight is 391 g/mol. The quantitative estimate of drug-likeness (QED) is 0.535. The molecule has 1 saturated heterocycles. The molecule has 5 heterocycles. The van der Waals surface area contributed by atoms with Gasteiger partial charge in [-0.05, 0) is 47.1 Å². The third kappa shape index (κ3) is 3.32. The fraction of sp³-hybridized carbons (Fsp3) is 0.286. The van der Waals surface area contributed by atoms with Gasteiger partial charge in [-0.1, -0.05) is 17.3 Å². The summed E-state index contributed by atoms with van der Waals surface area (Å²) in [6.45, 7) is 3.91. The Morgan fingerprint density at radius 3 is 2.93 bits per heavy atom. The van der Waals surface area contributed by atoms with Crippen molar-refractivity contribution in [2.45, 2.75) is 12.6 Å². The van der Waals surface area contributed by atoms with Crippen molar-refractivity contribution in [3.63, 3.8) is 0 Å². The van der Waals surface area contributed by atoms with E-state index in [9.17, 15) is 0 Å². The maximum Gasteiger partial charge on any atom is 0.109 e. The van der Waals surface area contributed by atoms with Crippen LogP contribution in [0.1, 0.15) is 17.3 Å². The van der Waals surface area contributed by atoms with Gasteiger partial charge >= 0.3 is 0 Å². The maximum atomic E-state index is 4.57. The molecule has 0 amide bonds. The molecule has 0 aromatic carbocycles. The highest BCUT2D eigenvalue weighted by molar-refractivity contribution is 7.08. The van der Waals surface area contributed by atoms with Crippen LogP contribution in [0.15, 0.2) is 59.7 Å². The number of pyridine rings is 2. The summed E-state index contributed by atoms with van der Waals surface area (Å²) >= 11 is 1.71. The Kier molecular flexibility index (Phi) is 4.64. The first-order chi connectivity index (χ1) is 13.8. The summed E-state index contributed by atoms with van der Waals surface area (Å²) < 4.78 is 1.91. The Bertz CT molecular complexity index is 1060. The van der Waals surface area contributed by atoms with Gasteiger partial charge in [0, 0.05) is 50.3 Å². The van der Waals surface area contributed by atoms with Gasteiger partial charge in [0.05, 0.1) is 11.6 Å². The van der Waals surface area contributed by atoms with Gasteiger partial charge in [-0.25, -0.2) is 4.52 Å². The van der Waals surface area contributed by atoms with Crippen molar-refractivity contribution in [1.29, 1.82) is 0 Å². The zero-order valence-electron chi connectivity index (χ0n) is 15.8. The summed E-state index contributed by atoms with van der Waals surface area (Å²) in [6.07, 6.45) is 5.85. The van der Waals surface area contributed by atoms with Crippen LogP contribution in [-0.4, -0.2) is 56.3 Å². The lowest BCUT2D eigenvalue weighted by Crippen LogP contribution is -2.46. The van der Waals surface area contributed by atoms with Crippen LogP contribution in [0.4, 0.5) is 0 Å². The lowest BCUT2D eigenvalue weighted by Gasteiger charge is -2.38. The molecule has 0 N–H and O–H groups in total. The Morgan fingerprint density at radius 1 is 1.14 bits per heavy atom. The average Bonchev–Trinajstić information content (AvgIpc) is 3.40. The second-order valence-electron chi connectivity index (χ2n) is 7.33. The highest BCUT2D eigenvalue weighted by Crippen LogP contribution is 2.28. The van der Waals surface area contributed by atoms with Crippen LogP contribution >= 0.6 is 11.3 Å². The van der Waals surface area contributed by atoms with Gasteiger partial charge in [0.25, 0.3) is 0 Å². The topological polar surface area (TPSA) is 49.6 Å². The summed E-state index contributed by atoms with van der Waals surface area (Å²) in [4.78, 5) is 9.11. The van der Waals surface area contributed by atoms with Crippen LogP contribution in [0.3, 0.4) is 0 Å². The van der Waals surface area contributed by atoms with Crippen LogP contribution in [0.25, 0.3) is 16.6 Å². The number of fused-ring (bicyclic) bond motifs is 1. The minimum absolute atomic E-state index is 0.231. The first kappa shape index (κ1) is 17.5. The van der Waals surface area contributed by atoms with Crippen molar-refractivity contribution in [2.24, 2.45) is 0 Å². The third-order valence-corrected chi connectivity index (χ3v) is 6.15. The summed E-state index contributed by atoms with van der Waals surface area (Å²) in [7, 11) is 2.18. The number of piperazine rings is 1. The van der Waals surface area contributed by atoms with E-state index in [4.69, 9.17) is 0 Å². The van der Waals surface area contributed by atoms with Crippen LogP contribution in [0.5, 0.6) is 0 Å². The Hall–Kier alpha value is -2.61. The zero-order valence-corrected chi connectivity index (χ0v) is 16.6. The van der Waals surface area contributed by atoms with Crippen molar-refractivity contribution in [2.75, 3.05) is 26.7 Å². The van der Waals surface area contributed by atoms with Crippen LogP contribution in [0.2, 0.25) is 0 Å². The van der Waals surface area contributed by atoms with Crippen molar-refractivity contribution < 1.29 is 0 Å². The molecule has 1 aliphatic heterocycles. The minimum Gasteiger partial charge on any atom is -0.296 e. The fourth-order valence-corrected chi connectivity index (χ4v) is 4.53. The second-order valence-corrected chi connectivity index (χ2v) is 8.11. The molecule has 4 aromatic heterocycles. The molecule has 1 aliphatic rings. The van der Waals surface area contributed by atoms with Crippen LogP contribution in [-0.2, 0) is 6.54 Å². The molecule has 0 bridgehead atoms. The third-order valence-electron chi connectivity index (χ3n) is 5.47. The summed E-state index contributed by atoms with van der Waals surface area (Å²) in [5.74, 6) is 0. The lowest BCUT2D eigenvalue weighted by molar-refractivity contribution is 0.0889. The van der Waals surface area contributed by atoms with E-state index in [1.807, 2.05) is 23.0 Å². The van der Waals surface area contributed by atoms with Crippen molar-refractivity contribution in [1.82, 2.24) is 29.6 Å². The second kappa shape index (κ2) is 7.43. The lowest BCUT2D eigenvalue weighted by atomic mass is 10.1.